The zero-order valence-corrected chi connectivity index (χ0v) is 14.7. The highest BCUT2D eigenvalue weighted by Crippen LogP contribution is 2.35. The van der Waals surface area contributed by atoms with E-state index in [1.165, 1.54) is 5.56 Å². The van der Waals surface area contributed by atoms with Gasteiger partial charge in [0, 0.05) is 26.2 Å². The first kappa shape index (κ1) is 14.5. The van der Waals surface area contributed by atoms with Crippen molar-refractivity contribution < 1.29 is 0 Å². The number of hydrogen-bond donors (Lipinski definition) is 0. The van der Waals surface area contributed by atoms with Crippen LogP contribution in [-0.2, 0) is 6.42 Å². The third-order valence-electron chi connectivity index (χ3n) is 2.55. The summed E-state index contributed by atoms with van der Waals surface area (Å²) in [5.74, 6) is 0. The van der Waals surface area contributed by atoms with Crippen LogP contribution in [0.2, 0.25) is 5.02 Å². The monoisotopic (exact) mass is 451 g/mol. The van der Waals surface area contributed by atoms with Gasteiger partial charge in [0.2, 0.25) is 0 Å². The van der Waals surface area contributed by atoms with Gasteiger partial charge in [0.15, 0.2) is 0 Å². The molecule has 0 saturated carbocycles. The Kier molecular flexibility index (Phi) is 5.24. The Morgan fingerprint density at radius 3 is 2.72 bits per heavy atom. The number of pyridine rings is 1. The lowest BCUT2D eigenvalue weighted by molar-refractivity contribution is 0.938. The van der Waals surface area contributed by atoms with Crippen LogP contribution >= 0.6 is 59.4 Å². The lowest BCUT2D eigenvalue weighted by Gasteiger charge is -2.13. The maximum atomic E-state index is 6.12. The topological polar surface area (TPSA) is 12.9 Å². The lowest BCUT2D eigenvalue weighted by atomic mass is 10.1. The summed E-state index contributed by atoms with van der Waals surface area (Å²) in [6, 6.07) is 8.08. The molecule has 0 saturated heterocycles. The minimum Gasteiger partial charge on any atom is -0.263 e. The van der Waals surface area contributed by atoms with Crippen LogP contribution < -0.4 is 0 Å². The van der Waals surface area contributed by atoms with Gasteiger partial charge in [0.1, 0.15) is 0 Å². The van der Waals surface area contributed by atoms with Crippen LogP contribution in [0.25, 0.3) is 0 Å². The number of aromatic nitrogens is 1. The van der Waals surface area contributed by atoms with Gasteiger partial charge in [0.05, 0.1) is 5.02 Å². The highest BCUT2D eigenvalue weighted by Gasteiger charge is 2.14. The van der Waals surface area contributed by atoms with Gasteiger partial charge in [0.25, 0.3) is 0 Å². The summed E-state index contributed by atoms with van der Waals surface area (Å²) in [6.45, 7) is 0. The molecule has 2 rings (SSSR count). The van der Waals surface area contributed by atoms with E-state index in [0.717, 1.165) is 20.9 Å². The van der Waals surface area contributed by atoms with Crippen molar-refractivity contribution in [3.63, 3.8) is 0 Å². The predicted molar refractivity (Wildman–Crippen MR) is 86.5 cm³/mol. The second-order valence-electron chi connectivity index (χ2n) is 3.80. The van der Waals surface area contributed by atoms with Crippen LogP contribution in [0, 0.1) is 0 Å². The van der Waals surface area contributed by atoms with E-state index in [2.05, 4.69) is 58.8 Å². The smallest absolute Gasteiger partial charge is 0.0621 e. The van der Waals surface area contributed by atoms with Crippen molar-refractivity contribution in [1.29, 1.82) is 0 Å². The number of nitrogens with zero attached hydrogens (tertiary/aromatic N) is 1. The lowest BCUT2D eigenvalue weighted by Crippen LogP contribution is -1.97. The second kappa shape index (κ2) is 6.51. The van der Waals surface area contributed by atoms with Gasteiger partial charge in [-0.25, -0.2) is 0 Å². The van der Waals surface area contributed by atoms with E-state index >= 15 is 0 Å². The van der Waals surface area contributed by atoms with Crippen LogP contribution in [0.5, 0.6) is 0 Å². The van der Waals surface area contributed by atoms with Crippen LogP contribution in [0.3, 0.4) is 0 Å². The van der Waals surface area contributed by atoms with Crippen molar-refractivity contribution >= 4 is 59.4 Å². The molecule has 1 atom stereocenters. The average Bonchev–Trinajstić information content (AvgIpc) is 2.35. The van der Waals surface area contributed by atoms with Crippen molar-refractivity contribution in [3.8, 4) is 0 Å². The Morgan fingerprint density at radius 1 is 1.22 bits per heavy atom. The molecule has 1 heterocycles. The van der Waals surface area contributed by atoms with Gasteiger partial charge in [-0.05, 0) is 41.8 Å². The van der Waals surface area contributed by atoms with Crippen molar-refractivity contribution in [2.75, 3.05) is 0 Å². The summed E-state index contributed by atoms with van der Waals surface area (Å²) in [7, 11) is 0. The van der Waals surface area contributed by atoms with Crippen molar-refractivity contribution in [1.82, 2.24) is 4.98 Å². The van der Waals surface area contributed by atoms with E-state index < -0.39 is 0 Å². The van der Waals surface area contributed by atoms with E-state index in [4.69, 9.17) is 11.6 Å². The van der Waals surface area contributed by atoms with E-state index in [-0.39, 0.29) is 4.83 Å². The van der Waals surface area contributed by atoms with Crippen molar-refractivity contribution in [3.05, 3.63) is 61.8 Å². The Labute approximate surface area is 136 Å². The molecule has 0 N–H and O–H groups in total. The van der Waals surface area contributed by atoms with Crippen LogP contribution in [-0.4, -0.2) is 4.98 Å². The molecule has 2 aromatic rings. The molecule has 0 amide bonds. The predicted octanol–water partition coefficient (Wildman–Crippen LogP) is 5.94. The molecule has 0 aliphatic carbocycles. The van der Waals surface area contributed by atoms with E-state index in [9.17, 15) is 0 Å². The Hall–Kier alpha value is 0.1000. The molecule has 1 nitrogen and oxygen atoms in total. The minimum absolute atomic E-state index is 0.198. The first-order valence-electron chi connectivity index (χ1n) is 5.25. The molecular formula is C13H9Br3ClN. The Morgan fingerprint density at radius 2 is 2.00 bits per heavy atom. The fourth-order valence-corrected chi connectivity index (χ4v) is 3.76. The molecule has 18 heavy (non-hydrogen) atoms. The first-order valence-corrected chi connectivity index (χ1v) is 8.13. The van der Waals surface area contributed by atoms with Gasteiger partial charge in [-0.3, -0.25) is 4.98 Å². The van der Waals surface area contributed by atoms with E-state index in [1.54, 1.807) is 12.4 Å². The number of alkyl halides is 1. The summed E-state index contributed by atoms with van der Waals surface area (Å²) in [5.41, 5.74) is 2.28. The molecule has 0 fully saturated rings. The maximum Gasteiger partial charge on any atom is 0.0621 e. The molecule has 0 spiro atoms. The minimum atomic E-state index is 0.198. The highest BCUT2D eigenvalue weighted by molar-refractivity contribution is 9.11. The fourth-order valence-electron chi connectivity index (χ4n) is 1.63. The highest BCUT2D eigenvalue weighted by atomic mass is 79.9. The largest absolute Gasteiger partial charge is 0.263 e. The van der Waals surface area contributed by atoms with E-state index in [0.29, 0.717) is 5.02 Å². The molecular weight excluding hydrogens is 445 g/mol. The molecule has 1 aromatic heterocycles. The summed E-state index contributed by atoms with van der Waals surface area (Å²) < 4.78 is 2.14. The van der Waals surface area contributed by atoms with Gasteiger partial charge in [-0.1, -0.05) is 59.4 Å². The Bertz CT molecular complexity index is 560. The Balaban J connectivity index is 2.25. The van der Waals surface area contributed by atoms with Crippen LogP contribution in [0.15, 0.2) is 45.6 Å². The van der Waals surface area contributed by atoms with Crippen molar-refractivity contribution in [2.45, 2.75) is 11.2 Å². The molecule has 0 aliphatic rings. The van der Waals surface area contributed by atoms with Crippen LogP contribution in [0.4, 0.5) is 0 Å². The molecule has 0 bridgehead atoms. The fraction of sp³-hybridized carbons (Fsp3) is 0.154. The maximum absolute atomic E-state index is 6.12. The standard InChI is InChI=1S/C13H9Br3ClN/c14-9-1-2-11(15)10(6-9)12(16)5-8-3-4-18-7-13(8)17/h1-4,6-7,12H,5H2. The number of rotatable bonds is 3. The first-order chi connectivity index (χ1) is 8.58. The zero-order chi connectivity index (χ0) is 13.1. The van der Waals surface area contributed by atoms with Gasteiger partial charge < -0.3 is 0 Å². The summed E-state index contributed by atoms with van der Waals surface area (Å²) >= 11 is 16.9. The summed E-state index contributed by atoms with van der Waals surface area (Å²) in [6.07, 6.45) is 4.25. The van der Waals surface area contributed by atoms with Gasteiger partial charge in [-0.15, -0.1) is 0 Å². The molecule has 5 heteroatoms. The third-order valence-corrected chi connectivity index (χ3v) is 4.92. The molecule has 94 valence electrons. The van der Waals surface area contributed by atoms with E-state index in [1.807, 2.05) is 18.2 Å². The number of hydrogen-bond acceptors (Lipinski definition) is 1. The second-order valence-corrected chi connectivity index (χ2v) is 7.09. The van der Waals surface area contributed by atoms with Crippen LogP contribution in [0.1, 0.15) is 16.0 Å². The molecule has 0 aliphatic heterocycles. The van der Waals surface area contributed by atoms with Gasteiger partial charge >= 0.3 is 0 Å². The number of halogens is 4. The molecule has 0 radical (unpaired) electrons. The quantitative estimate of drug-likeness (QED) is 0.524. The summed E-state index contributed by atoms with van der Waals surface area (Å²) in [4.78, 5) is 4.19. The SMILES string of the molecule is Clc1cnccc1CC(Br)c1cc(Br)ccc1Br. The molecule has 1 unspecified atom stereocenters. The molecule has 1 aromatic carbocycles. The summed E-state index contributed by atoms with van der Waals surface area (Å²) in [5, 5.41) is 0.702. The third kappa shape index (κ3) is 3.56. The average molecular weight is 454 g/mol. The number of benzene rings is 1. The zero-order valence-electron chi connectivity index (χ0n) is 9.21. The van der Waals surface area contributed by atoms with Crippen molar-refractivity contribution in [2.24, 2.45) is 0 Å². The van der Waals surface area contributed by atoms with Gasteiger partial charge in [-0.2, -0.15) is 0 Å². The normalized spacial score (nSPS) is 12.4.